The molecule has 0 radical (unpaired) electrons. The molecule has 1 aromatic carbocycles. The van der Waals surface area contributed by atoms with Crippen molar-refractivity contribution in [2.45, 2.75) is 43.8 Å². The molecule has 1 aliphatic heterocycles. The Bertz CT molecular complexity index is 640. The highest BCUT2D eigenvalue weighted by atomic mass is 32.2. The van der Waals surface area contributed by atoms with Crippen molar-refractivity contribution in [3.63, 3.8) is 0 Å². The normalized spacial score (nSPS) is 17.5. The Hall–Kier alpha value is -1.40. The van der Waals surface area contributed by atoms with E-state index in [0.29, 0.717) is 0 Å². The number of guanidine groups is 1. The van der Waals surface area contributed by atoms with E-state index in [2.05, 4.69) is 60.9 Å². The minimum absolute atomic E-state index is 0.0255. The average Bonchev–Trinajstić information content (AvgIpc) is 2.68. The van der Waals surface area contributed by atoms with E-state index >= 15 is 0 Å². The molecule has 0 atom stereocenters. The maximum Gasteiger partial charge on any atom is 0.191 e. The molecule has 0 spiro atoms. The van der Waals surface area contributed by atoms with Crippen LogP contribution in [0.4, 0.5) is 0 Å². The quantitative estimate of drug-likeness (QED) is 0.550. The number of benzene rings is 1. The summed E-state index contributed by atoms with van der Waals surface area (Å²) in [6, 6.07) is 6.45. The molecular weight excluding hydrogens is 358 g/mol. The fraction of sp³-hybridized carbons (Fsp3) is 0.667. The lowest BCUT2D eigenvalue weighted by molar-refractivity contribution is 0.0505. The third kappa shape index (κ3) is 5.79. The number of nitrogens with zero attached hydrogens (tertiary/aromatic N) is 1. The van der Waals surface area contributed by atoms with E-state index in [9.17, 15) is 0 Å². The van der Waals surface area contributed by atoms with E-state index in [1.165, 1.54) is 11.1 Å². The van der Waals surface area contributed by atoms with Crippen molar-refractivity contribution in [1.29, 1.82) is 0 Å². The molecule has 1 fully saturated rings. The minimum Gasteiger partial charge on any atom is -0.496 e. The summed E-state index contributed by atoms with van der Waals surface area (Å²) in [5, 5.41) is 7.03. The Morgan fingerprint density at radius 1 is 1.30 bits per heavy atom. The average molecular weight is 394 g/mol. The molecule has 1 saturated heterocycles. The highest BCUT2D eigenvalue weighted by molar-refractivity contribution is 7.99. The molecule has 0 bridgehead atoms. The van der Waals surface area contributed by atoms with Crippen LogP contribution in [0.15, 0.2) is 23.2 Å². The molecule has 0 unspecified atom stereocenters. The van der Waals surface area contributed by atoms with Crippen molar-refractivity contribution in [3.8, 4) is 5.75 Å². The van der Waals surface area contributed by atoms with Gasteiger partial charge in [-0.15, -0.1) is 0 Å². The molecule has 152 valence electrons. The summed E-state index contributed by atoms with van der Waals surface area (Å²) in [6.07, 6.45) is 4.07. The summed E-state index contributed by atoms with van der Waals surface area (Å²) >= 11 is 1.85. The van der Waals surface area contributed by atoms with Crippen molar-refractivity contribution in [2.24, 2.45) is 4.99 Å². The summed E-state index contributed by atoms with van der Waals surface area (Å²) in [4.78, 5) is 4.42. The van der Waals surface area contributed by atoms with E-state index in [4.69, 9.17) is 9.47 Å². The number of rotatable bonds is 7. The molecule has 1 aliphatic rings. The number of thioether (sulfide) groups is 1. The Morgan fingerprint density at radius 3 is 2.59 bits per heavy atom. The second-order valence-corrected chi connectivity index (χ2v) is 9.35. The third-order valence-corrected chi connectivity index (χ3v) is 6.68. The van der Waals surface area contributed by atoms with Crippen LogP contribution in [0, 0.1) is 6.92 Å². The predicted octanol–water partition coefficient (Wildman–Crippen LogP) is 3.36. The van der Waals surface area contributed by atoms with Gasteiger partial charge >= 0.3 is 0 Å². The SMILES string of the molecule is CN=C(NCC(C)(C)SC)NCC1(c2cc(C)ccc2OC)CCOCC1. The minimum atomic E-state index is -0.0255. The Balaban J connectivity index is 2.18. The van der Waals surface area contributed by atoms with Gasteiger partial charge in [-0.1, -0.05) is 17.7 Å². The summed E-state index contributed by atoms with van der Waals surface area (Å²) in [6.45, 7) is 9.79. The van der Waals surface area contributed by atoms with E-state index in [0.717, 1.165) is 50.9 Å². The second kappa shape index (κ2) is 9.69. The second-order valence-electron chi connectivity index (χ2n) is 7.84. The van der Waals surface area contributed by atoms with Gasteiger partial charge in [0.2, 0.25) is 0 Å². The summed E-state index contributed by atoms with van der Waals surface area (Å²) in [5.74, 6) is 1.80. The lowest BCUT2D eigenvalue weighted by Gasteiger charge is -2.39. The largest absolute Gasteiger partial charge is 0.496 e. The van der Waals surface area contributed by atoms with Gasteiger partial charge in [-0.2, -0.15) is 11.8 Å². The fourth-order valence-corrected chi connectivity index (χ4v) is 3.60. The molecule has 6 heteroatoms. The Labute approximate surface area is 168 Å². The molecule has 0 saturated carbocycles. The van der Waals surface area contributed by atoms with Gasteiger partial charge < -0.3 is 20.1 Å². The van der Waals surface area contributed by atoms with Crippen molar-refractivity contribution in [1.82, 2.24) is 10.6 Å². The molecule has 2 rings (SSSR count). The van der Waals surface area contributed by atoms with Crippen LogP contribution in [0.5, 0.6) is 5.75 Å². The van der Waals surface area contributed by atoms with Crippen LogP contribution >= 0.6 is 11.8 Å². The van der Waals surface area contributed by atoms with E-state index in [-0.39, 0.29) is 10.2 Å². The molecule has 1 aromatic rings. The maximum atomic E-state index is 5.70. The molecule has 5 nitrogen and oxygen atoms in total. The highest BCUT2D eigenvalue weighted by Crippen LogP contribution is 2.40. The number of ether oxygens (including phenoxy) is 2. The first kappa shape index (κ1) is 21.9. The van der Waals surface area contributed by atoms with Crippen LogP contribution in [0.3, 0.4) is 0 Å². The van der Waals surface area contributed by atoms with Crippen LogP contribution in [-0.4, -0.2) is 57.4 Å². The van der Waals surface area contributed by atoms with Crippen molar-refractivity contribution in [2.75, 3.05) is 46.7 Å². The molecule has 0 amide bonds. The number of hydrogen-bond donors (Lipinski definition) is 2. The lowest BCUT2D eigenvalue weighted by Crippen LogP contribution is -2.50. The van der Waals surface area contributed by atoms with Gasteiger partial charge in [-0.05, 0) is 45.9 Å². The first-order valence-electron chi connectivity index (χ1n) is 9.58. The lowest BCUT2D eigenvalue weighted by atomic mass is 9.73. The van der Waals surface area contributed by atoms with Gasteiger partial charge in [0.25, 0.3) is 0 Å². The van der Waals surface area contributed by atoms with Gasteiger partial charge in [-0.3, -0.25) is 4.99 Å². The van der Waals surface area contributed by atoms with Gasteiger partial charge in [0.15, 0.2) is 5.96 Å². The maximum absolute atomic E-state index is 5.70. The molecule has 1 heterocycles. The van der Waals surface area contributed by atoms with Crippen LogP contribution in [0.25, 0.3) is 0 Å². The monoisotopic (exact) mass is 393 g/mol. The topological polar surface area (TPSA) is 54.9 Å². The molecule has 2 N–H and O–H groups in total. The number of hydrogen-bond acceptors (Lipinski definition) is 4. The number of aliphatic imine (C=N–C) groups is 1. The zero-order valence-corrected chi connectivity index (χ0v) is 18.5. The van der Waals surface area contributed by atoms with Gasteiger partial charge in [0, 0.05) is 49.1 Å². The zero-order chi connectivity index (χ0) is 19.9. The number of methoxy groups -OCH3 is 1. The molecule has 0 aliphatic carbocycles. The van der Waals surface area contributed by atoms with Crippen molar-refractivity contribution < 1.29 is 9.47 Å². The molecular formula is C21H35N3O2S. The third-order valence-electron chi connectivity index (χ3n) is 5.43. The first-order chi connectivity index (χ1) is 12.9. The van der Waals surface area contributed by atoms with Gasteiger partial charge in [0.1, 0.15) is 5.75 Å². The van der Waals surface area contributed by atoms with Crippen molar-refractivity contribution >= 4 is 17.7 Å². The predicted molar refractivity (Wildman–Crippen MR) is 116 cm³/mol. The first-order valence-corrected chi connectivity index (χ1v) is 10.8. The number of aryl methyl sites for hydroxylation is 1. The summed E-state index contributed by atoms with van der Waals surface area (Å²) in [7, 11) is 3.57. The van der Waals surface area contributed by atoms with Crippen LogP contribution in [-0.2, 0) is 10.2 Å². The zero-order valence-electron chi connectivity index (χ0n) is 17.6. The van der Waals surface area contributed by atoms with E-state index in [1.54, 1.807) is 7.11 Å². The van der Waals surface area contributed by atoms with Crippen molar-refractivity contribution in [3.05, 3.63) is 29.3 Å². The van der Waals surface area contributed by atoms with Gasteiger partial charge in [-0.25, -0.2) is 0 Å². The van der Waals surface area contributed by atoms with Crippen LogP contribution in [0.1, 0.15) is 37.8 Å². The van der Waals surface area contributed by atoms with E-state index in [1.807, 2.05) is 18.8 Å². The highest BCUT2D eigenvalue weighted by Gasteiger charge is 2.37. The standard InChI is InChI=1S/C21H35N3O2S/c1-16-7-8-18(25-5)17(13-16)21(9-11-26-12-10-21)15-24-19(22-4)23-14-20(2,3)27-6/h7-8,13H,9-12,14-15H2,1-6H3,(H2,22,23,24). The Kier molecular flexibility index (Phi) is 7.86. The molecule has 0 aromatic heterocycles. The van der Waals surface area contributed by atoms with Gasteiger partial charge in [0.05, 0.1) is 7.11 Å². The fourth-order valence-electron chi connectivity index (χ4n) is 3.38. The summed E-state index contributed by atoms with van der Waals surface area (Å²) in [5.41, 5.74) is 2.49. The number of nitrogens with one attached hydrogen (secondary N) is 2. The summed E-state index contributed by atoms with van der Waals surface area (Å²) < 4.78 is 11.5. The Morgan fingerprint density at radius 2 is 2.00 bits per heavy atom. The van der Waals surface area contributed by atoms with Crippen LogP contribution < -0.4 is 15.4 Å². The smallest absolute Gasteiger partial charge is 0.191 e. The molecule has 27 heavy (non-hydrogen) atoms. The van der Waals surface area contributed by atoms with Crippen LogP contribution in [0.2, 0.25) is 0 Å². The van der Waals surface area contributed by atoms with E-state index < -0.39 is 0 Å².